The summed E-state index contributed by atoms with van der Waals surface area (Å²) in [5.74, 6) is -0.399. The quantitative estimate of drug-likeness (QED) is 0.714. The normalized spacial score (nSPS) is 10.8. The summed E-state index contributed by atoms with van der Waals surface area (Å²) >= 11 is 5.93. The Morgan fingerprint density at radius 2 is 2.07 bits per heavy atom. The van der Waals surface area contributed by atoms with E-state index in [-0.39, 0.29) is 5.56 Å². The lowest BCUT2D eigenvalue weighted by Crippen LogP contribution is -2.08. The van der Waals surface area contributed by atoms with Crippen molar-refractivity contribution in [1.82, 2.24) is 4.98 Å². The minimum atomic E-state index is -0.399. The van der Waals surface area contributed by atoms with Crippen molar-refractivity contribution in [3.05, 3.63) is 45.1 Å². The maximum absolute atomic E-state index is 12.9. The summed E-state index contributed by atoms with van der Waals surface area (Å²) in [6.45, 7) is 1.67. The fraction of sp³-hybridized carbons (Fsp3) is 0.100. The van der Waals surface area contributed by atoms with Gasteiger partial charge in [0.2, 0.25) is 0 Å². The minimum absolute atomic E-state index is 0.248. The van der Waals surface area contributed by atoms with Gasteiger partial charge in [-0.05, 0) is 25.1 Å². The van der Waals surface area contributed by atoms with Crippen LogP contribution in [0, 0.1) is 12.7 Å². The molecule has 0 fully saturated rings. The molecule has 0 saturated heterocycles. The predicted molar refractivity (Wildman–Crippen MR) is 54.3 cm³/mol. The van der Waals surface area contributed by atoms with Crippen molar-refractivity contribution in [3.8, 4) is 0 Å². The van der Waals surface area contributed by atoms with Crippen LogP contribution >= 0.6 is 11.6 Å². The summed E-state index contributed by atoms with van der Waals surface area (Å²) in [7, 11) is 0. The van der Waals surface area contributed by atoms with E-state index in [0.29, 0.717) is 21.5 Å². The molecule has 0 unspecified atom stereocenters. The van der Waals surface area contributed by atoms with Gasteiger partial charge in [0.15, 0.2) is 0 Å². The van der Waals surface area contributed by atoms with E-state index < -0.39 is 5.82 Å². The number of halogens is 2. The zero-order valence-electron chi connectivity index (χ0n) is 7.40. The largest absolute Gasteiger partial charge is 0.324 e. The number of hydrogen-bond acceptors (Lipinski definition) is 1. The molecule has 0 saturated carbocycles. The molecular weight excluding hydrogens is 205 g/mol. The monoisotopic (exact) mass is 211 g/mol. The van der Waals surface area contributed by atoms with E-state index in [1.807, 2.05) is 0 Å². The Bertz CT molecular complexity index is 562. The van der Waals surface area contributed by atoms with Gasteiger partial charge in [0.05, 0.1) is 5.02 Å². The molecule has 0 atom stereocenters. The number of aromatic nitrogens is 1. The Kier molecular flexibility index (Phi) is 2.04. The molecular formula is C10H7ClFNO. The number of benzene rings is 1. The van der Waals surface area contributed by atoms with Gasteiger partial charge in [-0.3, -0.25) is 4.79 Å². The van der Waals surface area contributed by atoms with Crippen LogP contribution in [-0.2, 0) is 0 Å². The molecule has 4 heteroatoms. The summed E-state index contributed by atoms with van der Waals surface area (Å²) in [5.41, 5.74) is 0.302. The first-order chi connectivity index (χ1) is 6.59. The molecule has 1 aromatic heterocycles. The number of hydrogen-bond donors (Lipinski definition) is 1. The highest BCUT2D eigenvalue weighted by Crippen LogP contribution is 2.23. The van der Waals surface area contributed by atoms with E-state index in [4.69, 9.17) is 11.6 Å². The van der Waals surface area contributed by atoms with Crippen molar-refractivity contribution in [1.29, 1.82) is 0 Å². The Labute approximate surface area is 84.3 Å². The average molecular weight is 212 g/mol. The van der Waals surface area contributed by atoms with Crippen LogP contribution in [0.3, 0.4) is 0 Å². The van der Waals surface area contributed by atoms with Crippen LogP contribution in [0.1, 0.15) is 5.69 Å². The molecule has 0 spiro atoms. The van der Waals surface area contributed by atoms with Gasteiger partial charge in [-0.1, -0.05) is 11.6 Å². The van der Waals surface area contributed by atoms with Crippen molar-refractivity contribution in [2.45, 2.75) is 6.92 Å². The Morgan fingerprint density at radius 1 is 1.36 bits per heavy atom. The summed E-state index contributed by atoms with van der Waals surface area (Å²) in [6.07, 6.45) is 0. The summed E-state index contributed by atoms with van der Waals surface area (Å²) in [4.78, 5) is 14.0. The summed E-state index contributed by atoms with van der Waals surface area (Å²) in [5, 5.41) is 1.24. The molecule has 0 radical (unpaired) electrons. The zero-order chi connectivity index (χ0) is 10.3. The number of nitrogens with one attached hydrogen (secondary N) is 1. The average Bonchev–Trinajstić information content (AvgIpc) is 2.14. The predicted octanol–water partition coefficient (Wildman–Crippen LogP) is 2.63. The van der Waals surface area contributed by atoms with Gasteiger partial charge in [-0.25, -0.2) is 4.39 Å². The lowest BCUT2D eigenvalue weighted by molar-refractivity contribution is 0.629. The standard InChI is InChI=1S/C10H7ClFNO/c1-5-9(11)8-4-6(12)2-3-7(8)10(14)13-5/h2-4H,1H3,(H,13,14). The second kappa shape index (κ2) is 3.10. The molecule has 1 heterocycles. The van der Waals surface area contributed by atoms with Crippen molar-refractivity contribution in [2.24, 2.45) is 0 Å². The number of pyridine rings is 1. The SMILES string of the molecule is Cc1[nH]c(=O)c2ccc(F)cc2c1Cl. The Hall–Kier alpha value is -1.35. The molecule has 2 nitrogen and oxygen atoms in total. The van der Waals surface area contributed by atoms with E-state index in [1.165, 1.54) is 18.2 Å². The van der Waals surface area contributed by atoms with Gasteiger partial charge in [0.1, 0.15) is 5.82 Å². The fourth-order valence-corrected chi connectivity index (χ4v) is 1.59. The number of H-pyrrole nitrogens is 1. The molecule has 2 rings (SSSR count). The van der Waals surface area contributed by atoms with Gasteiger partial charge in [-0.2, -0.15) is 0 Å². The van der Waals surface area contributed by atoms with Crippen molar-refractivity contribution < 1.29 is 4.39 Å². The van der Waals surface area contributed by atoms with Gasteiger partial charge >= 0.3 is 0 Å². The van der Waals surface area contributed by atoms with Crippen LogP contribution in [0.25, 0.3) is 10.8 Å². The summed E-state index contributed by atoms with van der Waals surface area (Å²) < 4.78 is 12.9. The van der Waals surface area contributed by atoms with Crippen LogP contribution in [-0.4, -0.2) is 4.98 Å². The van der Waals surface area contributed by atoms with Crippen molar-refractivity contribution >= 4 is 22.4 Å². The molecule has 2 aromatic rings. The smallest absolute Gasteiger partial charge is 0.256 e. The maximum atomic E-state index is 12.9. The molecule has 0 bridgehead atoms. The third-order valence-electron chi connectivity index (χ3n) is 2.09. The van der Waals surface area contributed by atoms with Gasteiger partial charge in [0.25, 0.3) is 5.56 Å². The highest BCUT2D eigenvalue weighted by molar-refractivity contribution is 6.36. The number of fused-ring (bicyclic) bond motifs is 1. The topological polar surface area (TPSA) is 32.9 Å². The molecule has 1 aromatic carbocycles. The fourth-order valence-electron chi connectivity index (χ4n) is 1.39. The molecule has 14 heavy (non-hydrogen) atoms. The second-order valence-electron chi connectivity index (χ2n) is 3.08. The van der Waals surface area contributed by atoms with Gasteiger partial charge in [-0.15, -0.1) is 0 Å². The third kappa shape index (κ3) is 1.30. The number of rotatable bonds is 0. The van der Waals surface area contributed by atoms with Crippen molar-refractivity contribution in [3.63, 3.8) is 0 Å². The first kappa shape index (κ1) is 9.21. The van der Waals surface area contributed by atoms with E-state index in [2.05, 4.69) is 4.98 Å². The van der Waals surface area contributed by atoms with E-state index in [9.17, 15) is 9.18 Å². The van der Waals surface area contributed by atoms with Crippen LogP contribution in [0.15, 0.2) is 23.0 Å². The zero-order valence-corrected chi connectivity index (χ0v) is 8.15. The first-order valence-electron chi connectivity index (χ1n) is 4.07. The highest BCUT2D eigenvalue weighted by atomic mass is 35.5. The molecule has 0 aliphatic rings. The van der Waals surface area contributed by atoms with Gasteiger partial charge in [0, 0.05) is 16.5 Å². The summed E-state index contributed by atoms with van der Waals surface area (Å²) in [6, 6.07) is 3.93. The second-order valence-corrected chi connectivity index (χ2v) is 3.46. The Balaban J connectivity index is 3.03. The van der Waals surface area contributed by atoms with Gasteiger partial charge < -0.3 is 4.98 Å². The molecule has 0 amide bonds. The van der Waals surface area contributed by atoms with Crippen LogP contribution in [0.4, 0.5) is 4.39 Å². The van der Waals surface area contributed by atoms with Crippen LogP contribution in [0.5, 0.6) is 0 Å². The first-order valence-corrected chi connectivity index (χ1v) is 4.45. The molecule has 0 aliphatic carbocycles. The minimum Gasteiger partial charge on any atom is -0.324 e. The van der Waals surface area contributed by atoms with Crippen LogP contribution in [0.2, 0.25) is 5.02 Å². The molecule has 1 N–H and O–H groups in total. The number of aromatic amines is 1. The van der Waals surface area contributed by atoms with E-state index in [1.54, 1.807) is 6.92 Å². The lowest BCUT2D eigenvalue weighted by Gasteiger charge is -2.02. The third-order valence-corrected chi connectivity index (χ3v) is 2.58. The molecule has 72 valence electrons. The van der Waals surface area contributed by atoms with Crippen molar-refractivity contribution in [2.75, 3.05) is 0 Å². The molecule has 0 aliphatic heterocycles. The van der Waals surface area contributed by atoms with E-state index in [0.717, 1.165) is 0 Å². The maximum Gasteiger partial charge on any atom is 0.256 e. The van der Waals surface area contributed by atoms with Crippen LogP contribution < -0.4 is 5.56 Å². The highest BCUT2D eigenvalue weighted by Gasteiger charge is 2.07. The lowest BCUT2D eigenvalue weighted by atomic mass is 10.1. The van der Waals surface area contributed by atoms with E-state index >= 15 is 0 Å². The Morgan fingerprint density at radius 3 is 2.79 bits per heavy atom. The number of aryl methyl sites for hydroxylation is 1.